The monoisotopic (exact) mass is 368 g/mol. The first-order valence-electron chi connectivity index (χ1n) is 8.65. The first-order chi connectivity index (χ1) is 12.5. The van der Waals surface area contributed by atoms with E-state index < -0.39 is 0 Å². The number of benzene rings is 2. The van der Waals surface area contributed by atoms with Crippen LogP contribution in [0.3, 0.4) is 0 Å². The molecule has 134 valence electrons. The number of hydrogen-bond acceptors (Lipinski definition) is 3. The topological polar surface area (TPSA) is 55.2 Å². The van der Waals surface area contributed by atoms with E-state index >= 15 is 0 Å². The molecule has 1 N–H and O–H groups in total. The van der Waals surface area contributed by atoms with Crippen molar-refractivity contribution in [3.05, 3.63) is 99.1 Å². The number of halogens is 1. The van der Waals surface area contributed by atoms with Crippen molar-refractivity contribution in [2.45, 2.75) is 31.3 Å². The Bertz CT molecular complexity index is 845. The molecule has 0 aliphatic heterocycles. The van der Waals surface area contributed by atoms with Crippen LogP contribution in [-0.2, 0) is 0 Å². The molecule has 26 heavy (non-hydrogen) atoms. The summed E-state index contributed by atoms with van der Waals surface area (Å²) < 4.78 is 0. The highest BCUT2D eigenvalue weighted by Crippen LogP contribution is 2.32. The van der Waals surface area contributed by atoms with Gasteiger partial charge in [0.15, 0.2) is 0 Å². The molecule has 1 aliphatic carbocycles. The summed E-state index contributed by atoms with van der Waals surface area (Å²) in [5.41, 5.74) is 1.78. The molecule has 0 saturated heterocycles. The Hall–Kier alpha value is -2.43. The van der Waals surface area contributed by atoms with E-state index in [0.717, 1.165) is 24.0 Å². The standard InChI is InChI=1S/C21H21ClN2O2/c1-2-21(13-4-3-5-14-21)23-20(16-9-11-18(22)12-10-16)17-7-6-8-19(15-17)24(25)26/h3-13,15,20,23H,2,14H2,1H3/t20?,21-/m0/s1. The van der Waals surface area contributed by atoms with Crippen LogP contribution in [-0.4, -0.2) is 10.5 Å². The van der Waals surface area contributed by atoms with Crippen LogP contribution in [0, 0.1) is 10.1 Å². The third-order valence-electron chi connectivity index (χ3n) is 4.82. The molecule has 1 aliphatic rings. The molecule has 0 spiro atoms. The van der Waals surface area contributed by atoms with Crippen molar-refractivity contribution in [1.82, 2.24) is 5.32 Å². The number of allylic oxidation sites excluding steroid dienone is 2. The van der Waals surface area contributed by atoms with E-state index in [9.17, 15) is 10.1 Å². The average Bonchev–Trinajstić information content (AvgIpc) is 2.68. The van der Waals surface area contributed by atoms with Crippen LogP contribution in [0.5, 0.6) is 0 Å². The molecule has 1 unspecified atom stereocenters. The van der Waals surface area contributed by atoms with E-state index in [1.807, 2.05) is 42.5 Å². The van der Waals surface area contributed by atoms with Gasteiger partial charge in [-0.05, 0) is 36.1 Å². The first-order valence-corrected chi connectivity index (χ1v) is 9.03. The number of non-ortho nitro benzene ring substituents is 1. The van der Waals surface area contributed by atoms with Gasteiger partial charge in [0.2, 0.25) is 0 Å². The van der Waals surface area contributed by atoms with Gasteiger partial charge < -0.3 is 0 Å². The van der Waals surface area contributed by atoms with Crippen molar-refractivity contribution in [3.63, 3.8) is 0 Å². The van der Waals surface area contributed by atoms with Gasteiger partial charge in [-0.2, -0.15) is 0 Å². The van der Waals surface area contributed by atoms with Crippen LogP contribution in [0.25, 0.3) is 0 Å². The second kappa shape index (κ2) is 7.85. The molecule has 4 nitrogen and oxygen atoms in total. The zero-order valence-corrected chi connectivity index (χ0v) is 15.3. The molecule has 0 saturated carbocycles. The van der Waals surface area contributed by atoms with Crippen molar-refractivity contribution < 1.29 is 4.92 Å². The largest absolute Gasteiger partial charge is 0.297 e. The third-order valence-corrected chi connectivity index (χ3v) is 5.08. The van der Waals surface area contributed by atoms with Crippen molar-refractivity contribution >= 4 is 17.3 Å². The van der Waals surface area contributed by atoms with E-state index in [0.29, 0.717) is 5.02 Å². The normalized spacial score (nSPS) is 20.1. The summed E-state index contributed by atoms with van der Waals surface area (Å²) in [7, 11) is 0. The van der Waals surface area contributed by atoms with E-state index in [1.165, 1.54) is 6.07 Å². The fraction of sp³-hybridized carbons (Fsp3) is 0.238. The van der Waals surface area contributed by atoms with Crippen molar-refractivity contribution in [3.8, 4) is 0 Å². The summed E-state index contributed by atoms with van der Waals surface area (Å²) in [5, 5.41) is 15.6. The van der Waals surface area contributed by atoms with Gasteiger partial charge in [0.1, 0.15) is 0 Å². The number of nitrogens with zero attached hydrogens (tertiary/aromatic N) is 1. The maximum atomic E-state index is 11.2. The lowest BCUT2D eigenvalue weighted by Crippen LogP contribution is -2.45. The van der Waals surface area contributed by atoms with Gasteiger partial charge in [-0.3, -0.25) is 15.4 Å². The fourth-order valence-corrected chi connectivity index (χ4v) is 3.38. The predicted octanol–water partition coefficient (Wildman–Crippen LogP) is 5.59. The van der Waals surface area contributed by atoms with E-state index in [2.05, 4.69) is 24.4 Å². The molecule has 0 radical (unpaired) electrons. The van der Waals surface area contributed by atoms with Crippen molar-refractivity contribution in [2.75, 3.05) is 0 Å². The summed E-state index contributed by atoms with van der Waals surface area (Å²) >= 11 is 6.05. The molecule has 0 heterocycles. The van der Waals surface area contributed by atoms with E-state index in [1.54, 1.807) is 12.1 Å². The number of nitro groups is 1. The van der Waals surface area contributed by atoms with Crippen LogP contribution in [0.2, 0.25) is 5.02 Å². The van der Waals surface area contributed by atoms with Crippen molar-refractivity contribution in [1.29, 1.82) is 0 Å². The number of rotatable bonds is 6. The third kappa shape index (κ3) is 4.03. The van der Waals surface area contributed by atoms with Crippen LogP contribution in [0.4, 0.5) is 5.69 Å². The van der Waals surface area contributed by atoms with Crippen LogP contribution in [0.15, 0.2) is 72.8 Å². The minimum Gasteiger partial charge on any atom is -0.297 e. The average molecular weight is 369 g/mol. The lowest BCUT2D eigenvalue weighted by molar-refractivity contribution is -0.384. The van der Waals surface area contributed by atoms with E-state index in [4.69, 9.17) is 11.6 Å². The van der Waals surface area contributed by atoms with Crippen LogP contribution in [0.1, 0.15) is 36.9 Å². The summed E-state index contributed by atoms with van der Waals surface area (Å²) in [6.07, 6.45) is 10.2. The highest BCUT2D eigenvalue weighted by molar-refractivity contribution is 6.30. The summed E-state index contributed by atoms with van der Waals surface area (Å²) in [4.78, 5) is 10.9. The minimum atomic E-state index is -0.360. The fourth-order valence-electron chi connectivity index (χ4n) is 3.26. The zero-order valence-electron chi connectivity index (χ0n) is 14.6. The van der Waals surface area contributed by atoms with Gasteiger partial charge in [-0.15, -0.1) is 0 Å². The molecule has 2 aromatic carbocycles. The predicted molar refractivity (Wildman–Crippen MR) is 105 cm³/mol. The Labute approximate surface area is 158 Å². The van der Waals surface area contributed by atoms with Gasteiger partial charge in [0.05, 0.1) is 11.0 Å². The summed E-state index contributed by atoms with van der Waals surface area (Å²) in [6, 6.07) is 14.2. The Morgan fingerprint density at radius 2 is 1.96 bits per heavy atom. The Morgan fingerprint density at radius 1 is 1.19 bits per heavy atom. The molecule has 0 bridgehead atoms. The maximum Gasteiger partial charge on any atom is 0.269 e. The summed E-state index contributed by atoms with van der Waals surface area (Å²) in [6.45, 7) is 2.14. The molecule has 2 atom stereocenters. The second-order valence-electron chi connectivity index (χ2n) is 6.48. The highest BCUT2D eigenvalue weighted by Gasteiger charge is 2.30. The first kappa shape index (κ1) is 18.4. The molecule has 0 amide bonds. The molecule has 0 aromatic heterocycles. The van der Waals surface area contributed by atoms with Gasteiger partial charge in [-0.1, -0.05) is 67.1 Å². The van der Waals surface area contributed by atoms with Gasteiger partial charge in [0, 0.05) is 22.7 Å². The SMILES string of the molecule is CC[C@]1(NC(c2ccc(Cl)cc2)c2cccc([N+](=O)[O-])c2)C=CC=CC1. The van der Waals surface area contributed by atoms with E-state index in [-0.39, 0.29) is 22.2 Å². The highest BCUT2D eigenvalue weighted by atomic mass is 35.5. The molecular weight excluding hydrogens is 348 g/mol. The Morgan fingerprint density at radius 3 is 2.58 bits per heavy atom. The van der Waals surface area contributed by atoms with Gasteiger partial charge >= 0.3 is 0 Å². The molecular formula is C21H21ClN2O2. The zero-order chi connectivity index (χ0) is 18.6. The van der Waals surface area contributed by atoms with Crippen LogP contribution >= 0.6 is 11.6 Å². The number of nitro benzene ring substituents is 1. The lowest BCUT2D eigenvalue weighted by atomic mass is 9.85. The molecule has 5 heteroatoms. The summed E-state index contributed by atoms with van der Waals surface area (Å²) in [5.74, 6) is 0. The molecule has 2 aromatic rings. The van der Waals surface area contributed by atoms with Crippen LogP contribution < -0.4 is 5.32 Å². The maximum absolute atomic E-state index is 11.2. The molecule has 3 rings (SSSR count). The number of nitrogens with one attached hydrogen (secondary N) is 1. The van der Waals surface area contributed by atoms with Gasteiger partial charge in [-0.25, -0.2) is 0 Å². The second-order valence-corrected chi connectivity index (χ2v) is 6.92. The Kier molecular flexibility index (Phi) is 5.55. The quantitative estimate of drug-likeness (QED) is 0.534. The number of hydrogen-bond donors (Lipinski definition) is 1. The van der Waals surface area contributed by atoms with Gasteiger partial charge in [0.25, 0.3) is 5.69 Å². The molecule has 0 fully saturated rings. The van der Waals surface area contributed by atoms with Crippen molar-refractivity contribution in [2.24, 2.45) is 0 Å². The minimum absolute atomic E-state index is 0.0906. The smallest absolute Gasteiger partial charge is 0.269 e. The lowest BCUT2D eigenvalue weighted by Gasteiger charge is -2.36. The Balaban J connectivity index is 2.03.